The van der Waals surface area contributed by atoms with Crippen molar-refractivity contribution >= 4 is 17.3 Å². The molecule has 1 unspecified atom stereocenters. The molecule has 0 spiro atoms. The summed E-state index contributed by atoms with van der Waals surface area (Å²) in [5.74, 6) is -0.945. The van der Waals surface area contributed by atoms with Gasteiger partial charge in [-0.25, -0.2) is 4.79 Å². The van der Waals surface area contributed by atoms with Crippen LogP contribution in [0.2, 0.25) is 0 Å². The lowest BCUT2D eigenvalue weighted by Crippen LogP contribution is -2.23. The minimum Gasteiger partial charge on any atom is -0.478 e. The van der Waals surface area contributed by atoms with Gasteiger partial charge in [-0.05, 0) is 52.2 Å². The lowest BCUT2D eigenvalue weighted by Gasteiger charge is -2.19. The maximum absolute atomic E-state index is 10.9. The van der Waals surface area contributed by atoms with Gasteiger partial charge in [-0.2, -0.15) is 0 Å². The number of nitrogen functional groups attached to an aromatic ring is 1. The third kappa shape index (κ3) is 4.25. The van der Waals surface area contributed by atoms with Crippen molar-refractivity contribution in [1.29, 1.82) is 0 Å². The maximum Gasteiger partial charge on any atom is 0.335 e. The van der Waals surface area contributed by atoms with Gasteiger partial charge < -0.3 is 21.1 Å². The number of rotatable bonds is 6. The van der Waals surface area contributed by atoms with E-state index >= 15 is 0 Å². The van der Waals surface area contributed by atoms with E-state index in [2.05, 4.69) is 17.1 Å². The summed E-state index contributed by atoms with van der Waals surface area (Å²) in [6, 6.07) is 4.93. The van der Waals surface area contributed by atoms with E-state index in [-0.39, 0.29) is 11.6 Å². The molecule has 0 aromatic heterocycles. The van der Waals surface area contributed by atoms with Gasteiger partial charge in [0.25, 0.3) is 0 Å². The lowest BCUT2D eigenvalue weighted by atomic mass is 10.1. The topological polar surface area (TPSA) is 78.6 Å². The molecule has 5 heteroatoms. The van der Waals surface area contributed by atoms with E-state index in [9.17, 15) is 4.79 Å². The third-order valence-corrected chi connectivity index (χ3v) is 2.71. The van der Waals surface area contributed by atoms with E-state index in [0.29, 0.717) is 11.4 Å². The quantitative estimate of drug-likeness (QED) is 0.671. The van der Waals surface area contributed by atoms with E-state index in [0.717, 1.165) is 13.0 Å². The van der Waals surface area contributed by atoms with Gasteiger partial charge in [0.15, 0.2) is 0 Å². The van der Waals surface area contributed by atoms with Crippen molar-refractivity contribution in [3.8, 4) is 0 Å². The molecule has 0 aliphatic rings. The molecule has 0 aliphatic heterocycles. The highest BCUT2D eigenvalue weighted by Gasteiger charge is 2.09. The fraction of sp³-hybridized carbons (Fsp3) is 0.462. The number of aromatic carboxylic acids is 1. The molecule has 0 radical (unpaired) electrons. The first kappa shape index (κ1) is 14.3. The second kappa shape index (κ2) is 6.26. The summed E-state index contributed by atoms with van der Waals surface area (Å²) in [6.45, 7) is 3.02. The Kier molecular flexibility index (Phi) is 4.97. The number of carboxylic acids is 1. The number of benzene rings is 1. The van der Waals surface area contributed by atoms with Gasteiger partial charge in [0.1, 0.15) is 0 Å². The molecule has 1 rings (SSSR count). The Hall–Kier alpha value is -1.75. The molecule has 0 saturated carbocycles. The Morgan fingerprint density at radius 2 is 2.17 bits per heavy atom. The van der Waals surface area contributed by atoms with Crippen molar-refractivity contribution in [2.45, 2.75) is 19.4 Å². The summed E-state index contributed by atoms with van der Waals surface area (Å²) in [7, 11) is 4.04. The molecule has 0 saturated heterocycles. The molecular weight excluding hydrogens is 230 g/mol. The highest BCUT2D eigenvalue weighted by molar-refractivity contribution is 5.90. The normalized spacial score (nSPS) is 12.4. The molecular formula is C13H21N3O2. The number of carbonyl (C=O) groups is 1. The Labute approximate surface area is 108 Å². The third-order valence-electron chi connectivity index (χ3n) is 2.71. The maximum atomic E-state index is 10.9. The van der Waals surface area contributed by atoms with Crippen LogP contribution in [-0.2, 0) is 0 Å². The summed E-state index contributed by atoms with van der Waals surface area (Å²) >= 11 is 0. The average Bonchev–Trinajstić information content (AvgIpc) is 2.29. The molecule has 18 heavy (non-hydrogen) atoms. The van der Waals surface area contributed by atoms with Gasteiger partial charge >= 0.3 is 5.97 Å². The van der Waals surface area contributed by atoms with E-state index in [1.54, 1.807) is 12.1 Å². The Morgan fingerprint density at radius 3 is 2.72 bits per heavy atom. The first-order valence-electron chi connectivity index (χ1n) is 5.94. The van der Waals surface area contributed by atoms with Crippen LogP contribution in [0.3, 0.4) is 0 Å². The molecule has 0 amide bonds. The van der Waals surface area contributed by atoms with Gasteiger partial charge in [-0.3, -0.25) is 0 Å². The number of carboxylic acid groups (broad SMARTS) is 1. The van der Waals surface area contributed by atoms with Gasteiger partial charge in [-0.15, -0.1) is 0 Å². The zero-order valence-electron chi connectivity index (χ0n) is 11.1. The minimum atomic E-state index is -0.945. The number of hydrogen-bond donors (Lipinski definition) is 3. The molecule has 0 bridgehead atoms. The molecule has 1 atom stereocenters. The Bertz CT molecular complexity index is 419. The number of hydrogen-bond acceptors (Lipinski definition) is 4. The van der Waals surface area contributed by atoms with Crippen molar-refractivity contribution in [2.24, 2.45) is 0 Å². The second-order valence-electron chi connectivity index (χ2n) is 4.74. The largest absolute Gasteiger partial charge is 0.478 e. The smallest absolute Gasteiger partial charge is 0.335 e. The lowest BCUT2D eigenvalue weighted by molar-refractivity contribution is 0.0697. The highest BCUT2D eigenvalue weighted by atomic mass is 16.4. The second-order valence-corrected chi connectivity index (χ2v) is 4.74. The molecule has 4 N–H and O–H groups in total. The van der Waals surface area contributed by atoms with Gasteiger partial charge in [0, 0.05) is 6.04 Å². The van der Waals surface area contributed by atoms with Crippen molar-refractivity contribution in [3.63, 3.8) is 0 Å². The van der Waals surface area contributed by atoms with E-state index < -0.39 is 5.97 Å². The van der Waals surface area contributed by atoms with Gasteiger partial charge in [-0.1, -0.05) is 0 Å². The van der Waals surface area contributed by atoms with Crippen LogP contribution in [0.15, 0.2) is 18.2 Å². The van der Waals surface area contributed by atoms with Crippen molar-refractivity contribution in [3.05, 3.63) is 23.8 Å². The van der Waals surface area contributed by atoms with Crippen molar-refractivity contribution < 1.29 is 9.90 Å². The van der Waals surface area contributed by atoms with Crippen LogP contribution < -0.4 is 11.1 Å². The van der Waals surface area contributed by atoms with Crippen LogP contribution in [0.25, 0.3) is 0 Å². The number of nitrogens with one attached hydrogen (secondary N) is 1. The molecule has 1 aromatic rings. The summed E-state index contributed by atoms with van der Waals surface area (Å²) in [4.78, 5) is 13.0. The van der Waals surface area contributed by atoms with Crippen molar-refractivity contribution in [2.75, 3.05) is 31.7 Å². The summed E-state index contributed by atoms with van der Waals surface area (Å²) in [6.07, 6.45) is 0.962. The molecule has 0 fully saturated rings. The molecule has 100 valence electrons. The first-order chi connectivity index (χ1) is 8.40. The van der Waals surface area contributed by atoms with E-state index in [4.69, 9.17) is 10.8 Å². The molecule has 5 nitrogen and oxygen atoms in total. The van der Waals surface area contributed by atoms with E-state index in [1.807, 2.05) is 14.1 Å². The van der Waals surface area contributed by atoms with Gasteiger partial charge in [0.2, 0.25) is 0 Å². The van der Waals surface area contributed by atoms with Crippen LogP contribution in [0.1, 0.15) is 23.7 Å². The Morgan fingerprint density at radius 1 is 1.50 bits per heavy atom. The standard InChI is InChI=1S/C13H21N3O2/c1-9(6-7-16(2)3)15-12-8-10(13(17)18)4-5-11(12)14/h4-5,8-9,15H,6-7,14H2,1-3H3,(H,17,18). The van der Waals surface area contributed by atoms with Crippen molar-refractivity contribution in [1.82, 2.24) is 4.90 Å². The fourth-order valence-corrected chi connectivity index (χ4v) is 1.60. The van der Waals surface area contributed by atoms with Gasteiger partial charge in [0.05, 0.1) is 16.9 Å². The predicted molar refractivity (Wildman–Crippen MR) is 74.1 cm³/mol. The number of anilines is 2. The number of nitrogens with two attached hydrogens (primary N) is 1. The monoisotopic (exact) mass is 251 g/mol. The summed E-state index contributed by atoms with van der Waals surface area (Å²) < 4.78 is 0. The molecule has 1 aromatic carbocycles. The van der Waals surface area contributed by atoms with Crippen LogP contribution in [0.5, 0.6) is 0 Å². The Balaban J connectivity index is 2.71. The fourth-order valence-electron chi connectivity index (χ4n) is 1.60. The zero-order chi connectivity index (χ0) is 13.7. The van der Waals surface area contributed by atoms with Crippen LogP contribution in [0, 0.1) is 0 Å². The zero-order valence-corrected chi connectivity index (χ0v) is 11.1. The summed E-state index contributed by atoms with van der Waals surface area (Å²) in [5, 5.41) is 12.2. The van der Waals surface area contributed by atoms with Crippen LogP contribution in [-0.4, -0.2) is 42.7 Å². The summed E-state index contributed by atoms with van der Waals surface area (Å²) in [5.41, 5.74) is 7.32. The minimum absolute atomic E-state index is 0.235. The van der Waals surface area contributed by atoms with E-state index in [1.165, 1.54) is 6.07 Å². The SMILES string of the molecule is CC(CCN(C)C)Nc1cc(C(=O)O)ccc1N. The molecule has 0 aliphatic carbocycles. The highest BCUT2D eigenvalue weighted by Crippen LogP contribution is 2.21. The average molecular weight is 251 g/mol. The predicted octanol–water partition coefficient (Wildman–Crippen LogP) is 1.72. The molecule has 0 heterocycles. The van der Waals surface area contributed by atoms with Crippen LogP contribution >= 0.6 is 0 Å². The number of nitrogens with zero attached hydrogens (tertiary/aromatic N) is 1. The van der Waals surface area contributed by atoms with Crippen LogP contribution in [0.4, 0.5) is 11.4 Å². The first-order valence-corrected chi connectivity index (χ1v) is 5.94.